The van der Waals surface area contributed by atoms with E-state index in [1.807, 2.05) is 12.3 Å². The first-order chi connectivity index (χ1) is 19.6. The number of amides is 1. The number of fused-ring (bicyclic) bond motifs is 1. The highest BCUT2D eigenvalue weighted by atomic mass is 16.1. The van der Waals surface area contributed by atoms with E-state index >= 15 is 0 Å². The third kappa shape index (κ3) is 5.25. The van der Waals surface area contributed by atoms with Crippen LogP contribution in [0.2, 0.25) is 0 Å². The number of hydrogen-bond acceptors (Lipinski definition) is 6. The average Bonchev–Trinajstić information content (AvgIpc) is 3.38. The van der Waals surface area contributed by atoms with Crippen LogP contribution in [0.3, 0.4) is 0 Å². The van der Waals surface area contributed by atoms with E-state index in [4.69, 9.17) is 10.7 Å². The Kier molecular flexibility index (Phi) is 7.14. The van der Waals surface area contributed by atoms with Gasteiger partial charge in [0.25, 0.3) is 5.91 Å². The van der Waals surface area contributed by atoms with Gasteiger partial charge in [-0.25, -0.2) is 15.0 Å². The number of nitrogens with two attached hydrogens (primary N) is 1. The topological polar surface area (TPSA) is 111 Å². The maximum Gasteiger partial charge on any atom is 0.270 e. The van der Waals surface area contributed by atoms with Crippen LogP contribution in [-0.4, -0.2) is 37.5 Å². The van der Waals surface area contributed by atoms with Gasteiger partial charge in [-0.15, -0.1) is 0 Å². The van der Waals surface area contributed by atoms with Crippen molar-refractivity contribution < 1.29 is 4.79 Å². The van der Waals surface area contributed by atoms with Gasteiger partial charge in [-0.3, -0.25) is 4.79 Å². The molecule has 1 aliphatic carbocycles. The molecule has 2 atom stereocenters. The molecule has 0 aliphatic heterocycles. The van der Waals surface area contributed by atoms with Crippen molar-refractivity contribution in [2.75, 3.05) is 11.1 Å². The molecule has 40 heavy (non-hydrogen) atoms. The highest BCUT2D eigenvalue weighted by molar-refractivity contribution is 5.97. The van der Waals surface area contributed by atoms with Crippen molar-refractivity contribution in [3.8, 4) is 16.9 Å². The van der Waals surface area contributed by atoms with Gasteiger partial charge in [0, 0.05) is 41.1 Å². The van der Waals surface area contributed by atoms with E-state index in [0.29, 0.717) is 17.3 Å². The van der Waals surface area contributed by atoms with Crippen molar-refractivity contribution in [3.05, 3.63) is 96.6 Å². The van der Waals surface area contributed by atoms with E-state index < -0.39 is 0 Å². The van der Waals surface area contributed by atoms with Crippen LogP contribution in [0.5, 0.6) is 0 Å². The largest absolute Gasteiger partial charge is 0.397 e. The van der Waals surface area contributed by atoms with Gasteiger partial charge < -0.3 is 20.9 Å². The van der Waals surface area contributed by atoms with Crippen molar-refractivity contribution in [2.24, 2.45) is 0 Å². The van der Waals surface area contributed by atoms with Crippen LogP contribution in [0, 0.1) is 0 Å². The fraction of sp³-hybridized carbons (Fsp3) is 0.250. The highest BCUT2D eigenvalue weighted by Gasteiger charge is 2.25. The molecule has 0 unspecified atom stereocenters. The first kappa shape index (κ1) is 25.6. The quantitative estimate of drug-likeness (QED) is 0.246. The molecule has 3 aromatic heterocycles. The minimum absolute atomic E-state index is 0.0522. The molecule has 1 aliphatic rings. The summed E-state index contributed by atoms with van der Waals surface area (Å²) < 4.78 is 2.23. The van der Waals surface area contributed by atoms with Gasteiger partial charge in [-0.2, -0.15) is 0 Å². The zero-order valence-corrected chi connectivity index (χ0v) is 22.5. The lowest BCUT2D eigenvalue weighted by molar-refractivity contribution is 0.0921. The molecule has 6 rings (SSSR count). The zero-order valence-electron chi connectivity index (χ0n) is 22.5. The molecule has 1 saturated carbocycles. The fourth-order valence-corrected chi connectivity index (χ4v) is 5.57. The van der Waals surface area contributed by atoms with Crippen molar-refractivity contribution in [3.63, 3.8) is 0 Å². The summed E-state index contributed by atoms with van der Waals surface area (Å²) >= 11 is 0. The second-order valence-corrected chi connectivity index (χ2v) is 10.3. The molecule has 1 amide bonds. The molecule has 0 saturated heterocycles. The molecule has 5 aromatic rings. The number of para-hydroxylation sites is 2. The maximum atomic E-state index is 12.7. The summed E-state index contributed by atoms with van der Waals surface area (Å²) in [6, 6.07) is 22.4. The third-order valence-electron chi connectivity index (χ3n) is 7.61. The van der Waals surface area contributed by atoms with Gasteiger partial charge in [-0.05, 0) is 68.0 Å². The number of nitrogen functional groups attached to an aromatic ring is 1. The van der Waals surface area contributed by atoms with Crippen LogP contribution < -0.4 is 16.4 Å². The minimum Gasteiger partial charge on any atom is -0.397 e. The Balaban J connectivity index is 1.25. The second kappa shape index (κ2) is 11.2. The molecule has 8 nitrogen and oxygen atoms in total. The van der Waals surface area contributed by atoms with Gasteiger partial charge in [0.15, 0.2) is 0 Å². The fourth-order valence-electron chi connectivity index (χ4n) is 5.57. The SMILES string of the molecule is CCc1cnc(N[C@@H]2CCC[C@H](NC(=O)c3ccc(N)cn3)C2)nc1-c1cn(-c2ccccc2)c2ccccc12. The molecular formula is C32H33N7O. The Morgan fingerprint density at radius 1 is 0.975 bits per heavy atom. The summed E-state index contributed by atoms with van der Waals surface area (Å²) in [5.74, 6) is 0.437. The number of carbonyl (C=O) groups is 1. The number of benzene rings is 2. The summed E-state index contributed by atoms with van der Waals surface area (Å²) in [6.45, 7) is 2.13. The number of nitrogens with zero attached hydrogens (tertiary/aromatic N) is 4. The molecule has 0 radical (unpaired) electrons. The van der Waals surface area contributed by atoms with Gasteiger partial charge in [-0.1, -0.05) is 43.3 Å². The number of nitrogens with one attached hydrogen (secondary N) is 2. The Bertz CT molecular complexity index is 1630. The first-order valence-electron chi connectivity index (χ1n) is 13.9. The van der Waals surface area contributed by atoms with Crippen LogP contribution in [0.25, 0.3) is 27.8 Å². The molecule has 3 heterocycles. The molecular weight excluding hydrogens is 498 g/mol. The summed E-state index contributed by atoms with van der Waals surface area (Å²) in [6.07, 6.45) is 10.2. The summed E-state index contributed by atoms with van der Waals surface area (Å²) in [7, 11) is 0. The molecule has 0 spiro atoms. The number of carbonyl (C=O) groups excluding carboxylic acids is 1. The molecule has 4 N–H and O–H groups in total. The van der Waals surface area contributed by atoms with E-state index in [1.165, 1.54) is 6.20 Å². The van der Waals surface area contributed by atoms with Crippen LogP contribution in [-0.2, 0) is 6.42 Å². The Labute approximate surface area is 233 Å². The first-order valence-corrected chi connectivity index (χ1v) is 13.9. The van der Waals surface area contributed by atoms with Crippen LogP contribution in [0.15, 0.2) is 85.3 Å². The van der Waals surface area contributed by atoms with Crippen molar-refractivity contribution >= 4 is 28.4 Å². The van der Waals surface area contributed by atoms with Crippen LogP contribution in [0.1, 0.15) is 48.7 Å². The maximum absolute atomic E-state index is 12.7. The number of anilines is 2. The standard InChI is InChI=1S/C32H33N7O/c1-2-21-18-35-32(37-24-10-8-9-23(17-24)36-31(40)28-16-15-22(33)19-34-28)38-30(21)27-20-39(25-11-4-3-5-12-25)29-14-7-6-13-26(27)29/h3-7,11-16,18-20,23-24H,2,8-10,17,33H2,1H3,(H,36,40)(H,35,37,38)/t23-,24+/m0/s1. The number of aromatic nitrogens is 4. The molecule has 202 valence electrons. The molecule has 1 fully saturated rings. The predicted octanol–water partition coefficient (Wildman–Crippen LogP) is 5.78. The van der Waals surface area contributed by atoms with Crippen molar-refractivity contribution in [1.29, 1.82) is 0 Å². The highest BCUT2D eigenvalue weighted by Crippen LogP contribution is 2.34. The van der Waals surface area contributed by atoms with Gasteiger partial charge in [0.05, 0.1) is 23.1 Å². The van der Waals surface area contributed by atoms with Gasteiger partial charge in [0.2, 0.25) is 5.95 Å². The monoisotopic (exact) mass is 531 g/mol. The lowest BCUT2D eigenvalue weighted by atomic mass is 9.91. The number of aryl methyl sites for hydroxylation is 1. The number of rotatable bonds is 7. The van der Waals surface area contributed by atoms with Gasteiger partial charge >= 0.3 is 0 Å². The lowest BCUT2D eigenvalue weighted by Crippen LogP contribution is -2.42. The summed E-state index contributed by atoms with van der Waals surface area (Å²) in [5, 5.41) is 7.86. The van der Waals surface area contributed by atoms with E-state index in [1.54, 1.807) is 12.1 Å². The smallest absolute Gasteiger partial charge is 0.270 e. The van der Waals surface area contributed by atoms with E-state index in [9.17, 15) is 4.79 Å². The number of pyridine rings is 1. The van der Waals surface area contributed by atoms with E-state index in [-0.39, 0.29) is 18.0 Å². The molecule has 8 heteroatoms. The summed E-state index contributed by atoms with van der Waals surface area (Å²) in [4.78, 5) is 26.6. The van der Waals surface area contributed by atoms with E-state index in [2.05, 4.69) is 86.8 Å². The van der Waals surface area contributed by atoms with Crippen LogP contribution >= 0.6 is 0 Å². The second-order valence-electron chi connectivity index (χ2n) is 10.3. The normalized spacial score (nSPS) is 17.0. The average molecular weight is 532 g/mol. The third-order valence-corrected chi connectivity index (χ3v) is 7.61. The Hall–Kier alpha value is -4.72. The summed E-state index contributed by atoms with van der Waals surface area (Å²) in [5.41, 5.74) is 12.0. The molecule has 2 aromatic carbocycles. The molecule has 0 bridgehead atoms. The number of hydrogen-bond donors (Lipinski definition) is 3. The van der Waals surface area contributed by atoms with Crippen LogP contribution in [0.4, 0.5) is 11.6 Å². The van der Waals surface area contributed by atoms with Crippen molar-refractivity contribution in [1.82, 2.24) is 24.8 Å². The van der Waals surface area contributed by atoms with Gasteiger partial charge in [0.1, 0.15) is 5.69 Å². The van der Waals surface area contributed by atoms with E-state index in [0.717, 1.165) is 65.5 Å². The Morgan fingerprint density at radius 2 is 1.77 bits per heavy atom. The minimum atomic E-state index is -0.175. The Morgan fingerprint density at radius 3 is 2.58 bits per heavy atom. The lowest BCUT2D eigenvalue weighted by Gasteiger charge is -2.30. The van der Waals surface area contributed by atoms with Crippen molar-refractivity contribution in [2.45, 2.75) is 51.1 Å². The predicted molar refractivity (Wildman–Crippen MR) is 159 cm³/mol. The zero-order chi connectivity index (χ0) is 27.5.